The summed E-state index contributed by atoms with van der Waals surface area (Å²) in [6, 6.07) is 2.44. The zero-order valence-electron chi connectivity index (χ0n) is 10.3. The third-order valence-corrected chi connectivity index (χ3v) is 3.85. The second kappa shape index (κ2) is 9.06. The maximum Gasteiger partial charge on any atom is 0.106 e. The molecule has 0 aromatic heterocycles. The molecule has 15 heavy (non-hydrogen) atoms. The first kappa shape index (κ1) is 14.8. The van der Waals surface area contributed by atoms with Crippen LogP contribution in [0.15, 0.2) is 0 Å². The Bertz CT molecular complexity index is 189. The van der Waals surface area contributed by atoms with Crippen molar-refractivity contribution in [3.63, 3.8) is 0 Å². The number of hydrogen-bond donors (Lipinski definition) is 1. The molecule has 3 heteroatoms. The van der Waals surface area contributed by atoms with Gasteiger partial charge in [0, 0.05) is 0 Å². The van der Waals surface area contributed by atoms with Gasteiger partial charge in [0.15, 0.2) is 0 Å². The summed E-state index contributed by atoms with van der Waals surface area (Å²) in [5, 5.41) is 12.5. The van der Waals surface area contributed by atoms with Gasteiger partial charge in [0.05, 0.1) is 6.07 Å². The van der Waals surface area contributed by atoms with Crippen LogP contribution < -0.4 is 5.32 Å². The van der Waals surface area contributed by atoms with Crippen molar-refractivity contribution in [2.45, 2.75) is 52.0 Å². The van der Waals surface area contributed by atoms with Crippen LogP contribution in [0.3, 0.4) is 0 Å². The molecule has 1 atom stereocenters. The molecule has 0 heterocycles. The van der Waals surface area contributed by atoms with E-state index in [1.54, 1.807) is 0 Å². The summed E-state index contributed by atoms with van der Waals surface area (Å²) in [4.78, 5) is 0. The maximum absolute atomic E-state index is 9.19. The van der Waals surface area contributed by atoms with Crippen molar-refractivity contribution in [3.8, 4) is 6.07 Å². The highest BCUT2D eigenvalue weighted by Gasteiger charge is 2.25. The Balaban J connectivity index is 3.81. The summed E-state index contributed by atoms with van der Waals surface area (Å²) < 4.78 is 0. The fourth-order valence-electron chi connectivity index (χ4n) is 1.63. The summed E-state index contributed by atoms with van der Waals surface area (Å²) in [5.41, 5.74) is -0.276. The summed E-state index contributed by atoms with van der Waals surface area (Å²) >= 11 is 2.00. The molecule has 0 spiro atoms. The van der Waals surface area contributed by atoms with Crippen LogP contribution in [0, 0.1) is 11.3 Å². The monoisotopic (exact) mass is 228 g/mol. The zero-order chi connectivity index (χ0) is 11.6. The molecule has 2 nitrogen and oxygen atoms in total. The molecule has 0 saturated heterocycles. The van der Waals surface area contributed by atoms with Crippen molar-refractivity contribution in [1.82, 2.24) is 5.32 Å². The van der Waals surface area contributed by atoms with E-state index in [0.29, 0.717) is 0 Å². The second-order valence-electron chi connectivity index (χ2n) is 3.79. The number of nitrogens with one attached hydrogen (secondary N) is 1. The van der Waals surface area contributed by atoms with Gasteiger partial charge in [-0.05, 0) is 43.7 Å². The predicted octanol–water partition coefficient (Wildman–Crippen LogP) is 3.19. The molecule has 0 aromatic carbocycles. The fraction of sp³-hybridized carbons (Fsp3) is 0.917. The molecular formula is C12H24N2S. The van der Waals surface area contributed by atoms with E-state index in [1.165, 1.54) is 17.9 Å². The Kier molecular flexibility index (Phi) is 8.94. The van der Waals surface area contributed by atoms with Gasteiger partial charge in [-0.15, -0.1) is 0 Å². The lowest BCUT2D eigenvalue weighted by Gasteiger charge is -2.25. The first-order chi connectivity index (χ1) is 7.24. The number of nitrogens with zero attached hydrogens (tertiary/aromatic N) is 1. The lowest BCUT2D eigenvalue weighted by molar-refractivity contribution is 0.379. The Labute approximate surface area is 98.8 Å². The largest absolute Gasteiger partial charge is 0.300 e. The first-order valence-electron chi connectivity index (χ1n) is 5.98. The number of rotatable bonds is 9. The molecule has 0 radical (unpaired) electrons. The van der Waals surface area contributed by atoms with Crippen molar-refractivity contribution in [2.24, 2.45) is 0 Å². The minimum absolute atomic E-state index is 0.276. The van der Waals surface area contributed by atoms with E-state index in [-0.39, 0.29) is 5.54 Å². The lowest BCUT2D eigenvalue weighted by Crippen LogP contribution is -2.43. The third-order valence-electron chi connectivity index (χ3n) is 2.57. The average Bonchev–Trinajstić information content (AvgIpc) is 2.27. The van der Waals surface area contributed by atoms with E-state index in [0.717, 1.165) is 25.8 Å². The summed E-state index contributed by atoms with van der Waals surface area (Å²) in [6.45, 7) is 7.24. The minimum Gasteiger partial charge on any atom is -0.300 e. The van der Waals surface area contributed by atoms with E-state index in [1.807, 2.05) is 11.8 Å². The lowest BCUT2D eigenvalue weighted by atomic mass is 9.92. The minimum atomic E-state index is -0.276. The van der Waals surface area contributed by atoms with E-state index in [9.17, 15) is 5.26 Å². The van der Waals surface area contributed by atoms with Crippen LogP contribution in [0.4, 0.5) is 0 Å². The quantitative estimate of drug-likeness (QED) is 0.616. The molecule has 0 aliphatic carbocycles. The predicted molar refractivity (Wildman–Crippen MR) is 69.2 cm³/mol. The van der Waals surface area contributed by atoms with Crippen molar-refractivity contribution < 1.29 is 0 Å². The van der Waals surface area contributed by atoms with Crippen molar-refractivity contribution in [3.05, 3.63) is 0 Å². The van der Waals surface area contributed by atoms with E-state index in [2.05, 4.69) is 32.2 Å². The van der Waals surface area contributed by atoms with Crippen molar-refractivity contribution in [1.29, 1.82) is 5.26 Å². The summed E-state index contributed by atoms with van der Waals surface area (Å²) in [7, 11) is 0. The summed E-state index contributed by atoms with van der Waals surface area (Å²) in [5.74, 6) is 2.43. The first-order valence-corrected chi connectivity index (χ1v) is 7.14. The second-order valence-corrected chi connectivity index (χ2v) is 5.02. The van der Waals surface area contributed by atoms with Gasteiger partial charge in [-0.3, -0.25) is 5.32 Å². The topological polar surface area (TPSA) is 35.8 Å². The van der Waals surface area contributed by atoms with E-state index < -0.39 is 0 Å². The van der Waals surface area contributed by atoms with Crippen LogP contribution in [0.5, 0.6) is 0 Å². The normalized spacial score (nSPS) is 14.5. The fourth-order valence-corrected chi connectivity index (χ4v) is 2.47. The van der Waals surface area contributed by atoms with Crippen LogP contribution in [-0.2, 0) is 0 Å². The average molecular weight is 228 g/mol. The van der Waals surface area contributed by atoms with Gasteiger partial charge in [-0.25, -0.2) is 0 Å². The smallest absolute Gasteiger partial charge is 0.106 e. The Morgan fingerprint density at radius 2 is 2.00 bits per heavy atom. The van der Waals surface area contributed by atoms with Gasteiger partial charge in [0.25, 0.3) is 0 Å². The van der Waals surface area contributed by atoms with Gasteiger partial charge < -0.3 is 0 Å². The molecule has 0 amide bonds. The zero-order valence-corrected chi connectivity index (χ0v) is 11.1. The molecule has 0 fully saturated rings. The molecule has 0 saturated carbocycles. The molecule has 0 aliphatic rings. The Hall–Kier alpha value is -0.200. The van der Waals surface area contributed by atoms with Gasteiger partial charge in [0.2, 0.25) is 0 Å². The van der Waals surface area contributed by atoms with Crippen LogP contribution in [0.2, 0.25) is 0 Å². The highest BCUT2D eigenvalue weighted by Crippen LogP contribution is 2.18. The molecule has 1 unspecified atom stereocenters. The van der Waals surface area contributed by atoms with E-state index in [4.69, 9.17) is 0 Å². The number of thioether (sulfide) groups is 1. The maximum atomic E-state index is 9.19. The van der Waals surface area contributed by atoms with Crippen LogP contribution >= 0.6 is 11.8 Å². The van der Waals surface area contributed by atoms with Crippen LogP contribution in [0.25, 0.3) is 0 Å². The molecule has 0 bridgehead atoms. The van der Waals surface area contributed by atoms with Crippen LogP contribution in [0.1, 0.15) is 46.5 Å². The standard InChI is InChI=1S/C12H24N2S/c1-4-9-15-10-7-8-12(5-2,11-13)14-6-3/h14H,4-10H2,1-3H3. The number of nitriles is 1. The van der Waals surface area contributed by atoms with Crippen molar-refractivity contribution in [2.75, 3.05) is 18.1 Å². The van der Waals surface area contributed by atoms with Gasteiger partial charge in [-0.1, -0.05) is 20.8 Å². The van der Waals surface area contributed by atoms with Gasteiger partial charge in [-0.2, -0.15) is 17.0 Å². The molecule has 1 N–H and O–H groups in total. The highest BCUT2D eigenvalue weighted by atomic mass is 32.2. The van der Waals surface area contributed by atoms with Crippen molar-refractivity contribution >= 4 is 11.8 Å². The molecule has 0 aliphatic heterocycles. The molecule has 0 rings (SSSR count). The van der Waals surface area contributed by atoms with Gasteiger partial charge >= 0.3 is 0 Å². The summed E-state index contributed by atoms with van der Waals surface area (Å²) in [6.07, 6.45) is 4.26. The Morgan fingerprint density at radius 3 is 2.47 bits per heavy atom. The SMILES string of the molecule is CCCSCCCC(C#N)(CC)NCC. The molecule has 88 valence electrons. The van der Waals surface area contributed by atoms with Crippen LogP contribution in [-0.4, -0.2) is 23.6 Å². The third kappa shape index (κ3) is 6.06. The Morgan fingerprint density at radius 1 is 1.27 bits per heavy atom. The molecular weight excluding hydrogens is 204 g/mol. The number of hydrogen-bond acceptors (Lipinski definition) is 3. The van der Waals surface area contributed by atoms with Gasteiger partial charge in [0.1, 0.15) is 5.54 Å². The highest BCUT2D eigenvalue weighted by molar-refractivity contribution is 7.99. The molecule has 0 aromatic rings. The van der Waals surface area contributed by atoms with E-state index >= 15 is 0 Å².